The van der Waals surface area contributed by atoms with E-state index in [9.17, 15) is 0 Å². The van der Waals surface area contributed by atoms with Crippen LogP contribution in [0.2, 0.25) is 0 Å². The van der Waals surface area contributed by atoms with E-state index in [0.717, 1.165) is 12.8 Å². The Morgan fingerprint density at radius 3 is 3.00 bits per heavy atom. The Morgan fingerprint density at radius 1 is 1.25 bits per heavy atom. The number of H-pyrrole nitrogens is 1. The Bertz CT molecular complexity index is 516. The predicted molar refractivity (Wildman–Crippen MR) is 67.6 cm³/mol. The molecule has 0 saturated carbocycles. The molecule has 2 nitrogen and oxygen atoms in total. The molecule has 0 atom stereocenters. The van der Waals surface area contributed by atoms with E-state index in [1.54, 1.807) is 0 Å². The van der Waals surface area contributed by atoms with Crippen LogP contribution < -0.4 is 0 Å². The molecular formula is C13H13BrN2. The highest BCUT2D eigenvalue weighted by Crippen LogP contribution is 2.26. The van der Waals surface area contributed by atoms with Gasteiger partial charge in [0.25, 0.3) is 0 Å². The maximum atomic E-state index is 4.43. The summed E-state index contributed by atoms with van der Waals surface area (Å²) in [4.78, 5) is 0. The fourth-order valence-electron chi connectivity index (χ4n) is 2.36. The number of nitrogens with one attached hydrogen (secondary N) is 1. The van der Waals surface area contributed by atoms with Crippen molar-refractivity contribution in [3.63, 3.8) is 0 Å². The van der Waals surface area contributed by atoms with Gasteiger partial charge >= 0.3 is 0 Å². The average molecular weight is 277 g/mol. The SMILES string of the molecule is Brc1ccccc1Cc1n[nH]c2c1CCC2. The first-order valence-electron chi connectivity index (χ1n) is 5.63. The zero-order valence-electron chi connectivity index (χ0n) is 8.96. The molecule has 16 heavy (non-hydrogen) atoms. The predicted octanol–water partition coefficient (Wildman–Crippen LogP) is 3.25. The van der Waals surface area contributed by atoms with Gasteiger partial charge in [0, 0.05) is 16.6 Å². The molecular weight excluding hydrogens is 264 g/mol. The molecule has 1 aromatic heterocycles. The maximum Gasteiger partial charge on any atom is 0.0701 e. The number of nitrogens with zero attached hydrogens (tertiary/aromatic N) is 1. The lowest BCUT2D eigenvalue weighted by Gasteiger charge is -2.03. The van der Waals surface area contributed by atoms with Gasteiger partial charge in [-0.15, -0.1) is 0 Å². The summed E-state index contributed by atoms with van der Waals surface area (Å²) in [6, 6.07) is 8.36. The molecule has 1 heterocycles. The Balaban J connectivity index is 1.92. The van der Waals surface area contributed by atoms with Crippen molar-refractivity contribution in [2.45, 2.75) is 25.7 Å². The van der Waals surface area contributed by atoms with Gasteiger partial charge in [-0.1, -0.05) is 34.1 Å². The van der Waals surface area contributed by atoms with Gasteiger partial charge in [-0.3, -0.25) is 5.10 Å². The largest absolute Gasteiger partial charge is 0.282 e. The van der Waals surface area contributed by atoms with E-state index in [0.29, 0.717) is 0 Å². The quantitative estimate of drug-likeness (QED) is 0.896. The summed E-state index contributed by atoms with van der Waals surface area (Å²) in [6.45, 7) is 0. The first-order chi connectivity index (χ1) is 7.84. The molecule has 0 saturated heterocycles. The Morgan fingerprint density at radius 2 is 2.12 bits per heavy atom. The minimum absolute atomic E-state index is 0.924. The molecule has 0 amide bonds. The van der Waals surface area contributed by atoms with Gasteiger partial charge in [-0.25, -0.2) is 0 Å². The van der Waals surface area contributed by atoms with Gasteiger partial charge in [0.15, 0.2) is 0 Å². The normalized spacial score (nSPS) is 14.1. The maximum absolute atomic E-state index is 4.43. The number of rotatable bonds is 2. The molecule has 0 bridgehead atoms. The van der Waals surface area contributed by atoms with Gasteiger partial charge in [-0.05, 0) is 36.5 Å². The van der Waals surface area contributed by atoms with E-state index in [2.05, 4.69) is 44.3 Å². The van der Waals surface area contributed by atoms with Crippen molar-refractivity contribution in [1.29, 1.82) is 0 Å². The molecule has 1 aliphatic carbocycles. The lowest BCUT2D eigenvalue weighted by molar-refractivity contribution is 0.844. The van der Waals surface area contributed by atoms with Crippen LogP contribution in [0, 0.1) is 0 Å². The second-order valence-corrected chi connectivity index (χ2v) is 5.10. The van der Waals surface area contributed by atoms with Crippen LogP contribution in [0.25, 0.3) is 0 Å². The highest BCUT2D eigenvalue weighted by Gasteiger charge is 2.18. The first-order valence-corrected chi connectivity index (χ1v) is 6.42. The minimum Gasteiger partial charge on any atom is -0.282 e. The standard InChI is InChI=1S/C13H13BrN2/c14-11-6-2-1-4-9(11)8-13-10-5-3-7-12(10)15-16-13/h1-2,4,6H,3,5,7-8H2,(H,15,16). The van der Waals surface area contributed by atoms with Gasteiger partial charge in [0.05, 0.1) is 5.69 Å². The van der Waals surface area contributed by atoms with Crippen molar-refractivity contribution >= 4 is 15.9 Å². The molecule has 1 aliphatic rings. The molecule has 2 aromatic rings. The summed E-state index contributed by atoms with van der Waals surface area (Å²) in [5.74, 6) is 0. The summed E-state index contributed by atoms with van der Waals surface area (Å²) in [6.07, 6.45) is 4.55. The highest BCUT2D eigenvalue weighted by atomic mass is 79.9. The summed E-state index contributed by atoms with van der Waals surface area (Å²) >= 11 is 3.58. The molecule has 0 unspecified atom stereocenters. The number of hydrogen-bond acceptors (Lipinski definition) is 1. The summed E-state index contributed by atoms with van der Waals surface area (Å²) < 4.78 is 1.17. The van der Waals surface area contributed by atoms with Crippen molar-refractivity contribution in [1.82, 2.24) is 10.2 Å². The Labute approximate surface area is 103 Å². The molecule has 1 N–H and O–H groups in total. The molecule has 0 aliphatic heterocycles. The van der Waals surface area contributed by atoms with E-state index in [1.807, 2.05) is 6.07 Å². The third-order valence-electron chi connectivity index (χ3n) is 3.21. The third kappa shape index (κ3) is 1.69. The smallest absolute Gasteiger partial charge is 0.0701 e. The lowest BCUT2D eigenvalue weighted by Crippen LogP contribution is -1.93. The van der Waals surface area contributed by atoms with Gasteiger partial charge in [0.2, 0.25) is 0 Å². The second kappa shape index (κ2) is 4.06. The van der Waals surface area contributed by atoms with Gasteiger partial charge < -0.3 is 0 Å². The van der Waals surface area contributed by atoms with Crippen molar-refractivity contribution < 1.29 is 0 Å². The number of benzene rings is 1. The zero-order valence-corrected chi connectivity index (χ0v) is 10.5. The summed E-state index contributed by atoms with van der Waals surface area (Å²) in [7, 11) is 0. The molecule has 3 heteroatoms. The molecule has 82 valence electrons. The van der Waals surface area contributed by atoms with Crippen LogP contribution >= 0.6 is 15.9 Å². The van der Waals surface area contributed by atoms with Crippen molar-refractivity contribution in [3.05, 3.63) is 51.3 Å². The Hall–Kier alpha value is -1.09. The topological polar surface area (TPSA) is 28.7 Å². The molecule has 0 spiro atoms. The fourth-order valence-corrected chi connectivity index (χ4v) is 2.78. The van der Waals surface area contributed by atoms with Crippen LogP contribution in [-0.2, 0) is 19.3 Å². The monoisotopic (exact) mass is 276 g/mol. The van der Waals surface area contributed by atoms with Crippen LogP contribution in [0.5, 0.6) is 0 Å². The minimum atomic E-state index is 0.924. The van der Waals surface area contributed by atoms with E-state index in [4.69, 9.17) is 0 Å². The average Bonchev–Trinajstić information content (AvgIpc) is 2.86. The lowest BCUT2D eigenvalue weighted by atomic mass is 10.1. The van der Waals surface area contributed by atoms with Crippen molar-refractivity contribution in [2.24, 2.45) is 0 Å². The van der Waals surface area contributed by atoms with Gasteiger partial charge in [-0.2, -0.15) is 5.10 Å². The van der Waals surface area contributed by atoms with E-state index in [-0.39, 0.29) is 0 Å². The number of halogens is 1. The van der Waals surface area contributed by atoms with Gasteiger partial charge in [0.1, 0.15) is 0 Å². The zero-order chi connectivity index (χ0) is 11.0. The van der Waals surface area contributed by atoms with Crippen LogP contribution in [-0.4, -0.2) is 10.2 Å². The van der Waals surface area contributed by atoms with Crippen LogP contribution in [0.4, 0.5) is 0 Å². The van der Waals surface area contributed by atoms with Crippen molar-refractivity contribution in [3.8, 4) is 0 Å². The second-order valence-electron chi connectivity index (χ2n) is 4.25. The van der Waals surface area contributed by atoms with E-state index < -0.39 is 0 Å². The molecule has 0 fully saturated rings. The number of aromatic nitrogens is 2. The van der Waals surface area contributed by atoms with E-state index >= 15 is 0 Å². The molecule has 3 rings (SSSR count). The number of hydrogen-bond donors (Lipinski definition) is 1. The third-order valence-corrected chi connectivity index (χ3v) is 3.98. The van der Waals surface area contributed by atoms with Crippen molar-refractivity contribution in [2.75, 3.05) is 0 Å². The van der Waals surface area contributed by atoms with Crippen LogP contribution in [0.3, 0.4) is 0 Å². The number of aryl methyl sites for hydroxylation is 1. The highest BCUT2D eigenvalue weighted by molar-refractivity contribution is 9.10. The van der Waals surface area contributed by atoms with Crippen LogP contribution in [0.1, 0.15) is 28.9 Å². The Kier molecular flexibility index (Phi) is 2.56. The number of aromatic amines is 1. The molecule has 0 radical (unpaired) electrons. The van der Waals surface area contributed by atoms with E-state index in [1.165, 1.54) is 39.8 Å². The molecule has 1 aromatic carbocycles. The van der Waals surface area contributed by atoms with Crippen LogP contribution in [0.15, 0.2) is 28.7 Å². The fraction of sp³-hybridized carbons (Fsp3) is 0.308. The summed E-state index contributed by atoms with van der Waals surface area (Å²) in [5, 5.41) is 7.59. The summed E-state index contributed by atoms with van der Waals surface area (Å²) in [5.41, 5.74) is 5.33. The number of fused-ring (bicyclic) bond motifs is 1. The first kappa shape index (κ1) is 10.1.